The Labute approximate surface area is 113 Å². The van der Waals surface area contributed by atoms with Crippen LogP contribution in [0.2, 0.25) is 0 Å². The monoisotopic (exact) mass is 253 g/mol. The molecule has 0 spiro atoms. The fraction of sp³-hybridized carbons (Fsp3) is 1.00. The first-order chi connectivity index (χ1) is 8.49. The highest BCUT2D eigenvalue weighted by atomic mass is 15.3. The Hall–Kier alpha value is -0.120. The van der Waals surface area contributed by atoms with Gasteiger partial charge in [-0.1, -0.05) is 0 Å². The van der Waals surface area contributed by atoms with Crippen LogP contribution in [0.25, 0.3) is 0 Å². The molecule has 0 saturated carbocycles. The Morgan fingerprint density at radius 2 is 1.56 bits per heavy atom. The van der Waals surface area contributed by atoms with E-state index in [1.165, 1.54) is 58.7 Å². The fourth-order valence-electron chi connectivity index (χ4n) is 3.01. The minimum Gasteiger partial charge on any atom is -0.301 e. The van der Waals surface area contributed by atoms with Gasteiger partial charge in [-0.05, 0) is 60.2 Å². The molecular formula is C15H31N3. The van der Waals surface area contributed by atoms with Crippen molar-refractivity contribution in [3.63, 3.8) is 0 Å². The van der Waals surface area contributed by atoms with Gasteiger partial charge in [0, 0.05) is 37.8 Å². The largest absolute Gasteiger partial charge is 0.301 e. The summed E-state index contributed by atoms with van der Waals surface area (Å²) in [6, 6.07) is 0.713. The third-order valence-corrected chi connectivity index (χ3v) is 4.89. The Kier molecular flexibility index (Phi) is 4.68. The molecule has 2 aliphatic rings. The summed E-state index contributed by atoms with van der Waals surface area (Å²) in [4.78, 5) is 7.88. The lowest BCUT2D eigenvalue weighted by atomic mass is 9.94. The van der Waals surface area contributed by atoms with E-state index in [0.717, 1.165) is 0 Å². The van der Waals surface area contributed by atoms with Gasteiger partial charge in [-0.15, -0.1) is 0 Å². The average Bonchev–Trinajstić information content (AvgIpc) is 2.24. The van der Waals surface area contributed by atoms with Gasteiger partial charge in [-0.25, -0.2) is 0 Å². The molecule has 18 heavy (non-hydrogen) atoms. The summed E-state index contributed by atoms with van der Waals surface area (Å²) in [5, 5.41) is 0. The second-order valence-electron chi connectivity index (χ2n) is 6.87. The summed E-state index contributed by atoms with van der Waals surface area (Å²) in [7, 11) is 0. The Morgan fingerprint density at radius 1 is 0.944 bits per heavy atom. The smallest absolute Gasteiger partial charge is 0.0165 e. The summed E-state index contributed by atoms with van der Waals surface area (Å²) in [5.74, 6) is 0. The van der Waals surface area contributed by atoms with E-state index >= 15 is 0 Å². The maximum Gasteiger partial charge on any atom is 0.0165 e. The average molecular weight is 253 g/mol. The van der Waals surface area contributed by atoms with Crippen LogP contribution < -0.4 is 0 Å². The number of piperazine rings is 1. The van der Waals surface area contributed by atoms with Gasteiger partial charge < -0.3 is 4.90 Å². The van der Waals surface area contributed by atoms with Gasteiger partial charge in [0.15, 0.2) is 0 Å². The molecule has 0 atom stereocenters. The molecule has 3 nitrogen and oxygen atoms in total. The van der Waals surface area contributed by atoms with E-state index in [9.17, 15) is 0 Å². The molecule has 2 fully saturated rings. The maximum atomic E-state index is 2.65. The highest BCUT2D eigenvalue weighted by Crippen LogP contribution is 2.25. The van der Waals surface area contributed by atoms with Crippen molar-refractivity contribution in [1.82, 2.24) is 14.7 Å². The van der Waals surface area contributed by atoms with Crippen molar-refractivity contribution in [1.29, 1.82) is 0 Å². The van der Waals surface area contributed by atoms with Crippen LogP contribution in [0.5, 0.6) is 0 Å². The number of nitrogens with zero attached hydrogens (tertiary/aromatic N) is 3. The summed E-state index contributed by atoms with van der Waals surface area (Å²) in [6.07, 6.45) is 2.71. The third-order valence-electron chi connectivity index (χ3n) is 4.89. The minimum atomic E-state index is 0.410. The van der Waals surface area contributed by atoms with Crippen molar-refractivity contribution in [2.45, 2.75) is 52.1 Å². The zero-order valence-corrected chi connectivity index (χ0v) is 12.8. The Morgan fingerprint density at radius 3 is 2.00 bits per heavy atom. The zero-order valence-electron chi connectivity index (χ0n) is 12.8. The van der Waals surface area contributed by atoms with E-state index < -0.39 is 0 Å². The first-order valence-electron chi connectivity index (χ1n) is 7.70. The highest BCUT2D eigenvalue weighted by Gasteiger charge is 2.31. The van der Waals surface area contributed by atoms with Crippen molar-refractivity contribution in [3.8, 4) is 0 Å². The van der Waals surface area contributed by atoms with Gasteiger partial charge in [0.05, 0.1) is 0 Å². The molecule has 0 radical (unpaired) electrons. The first kappa shape index (κ1) is 14.3. The number of rotatable bonds is 5. The topological polar surface area (TPSA) is 9.72 Å². The molecule has 0 unspecified atom stereocenters. The van der Waals surface area contributed by atoms with E-state index in [0.29, 0.717) is 11.6 Å². The molecule has 106 valence electrons. The minimum absolute atomic E-state index is 0.410. The molecule has 2 saturated heterocycles. The second kappa shape index (κ2) is 5.89. The predicted octanol–water partition coefficient (Wildman–Crippen LogP) is 1.89. The summed E-state index contributed by atoms with van der Waals surface area (Å²) < 4.78 is 0. The SMILES string of the molecule is CC(C)N1CCN(CCC(C)(C)N2CCC2)CC1. The number of likely N-dealkylation sites (tertiary alicyclic amines) is 1. The molecule has 3 heteroatoms. The van der Waals surface area contributed by atoms with Crippen LogP contribution in [0.15, 0.2) is 0 Å². The van der Waals surface area contributed by atoms with E-state index in [2.05, 4.69) is 42.4 Å². The molecule has 2 aliphatic heterocycles. The molecule has 0 aromatic heterocycles. The number of hydrogen-bond donors (Lipinski definition) is 0. The lowest BCUT2D eigenvalue weighted by Gasteiger charge is -2.46. The zero-order chi connectivity index (χ0) is 13.2. The van der Waals surface area contributed by atoms with Crippen LogP contribution in [-0.4, -0.2) is 72.1 Å². The van der Waals surface area contributed by atoms with E-state index in [-0.39, 0.29) is 0 Å². The summed E-state index contributed by atoms with van der Waals surface area (Å²) >= 11 is 0. The first-order valence-corrected chi connectivity index (χ1v) is 7.70. The van der Waals surface area contributed by atoms with Crippen LogP contribution in [0.3, 0.4) is 0 Å². The lowest BCUT2D eigenvalue weighted by Crippen LogP contribution is -2.54. The molecule has 0 aliphatic carbocycles. The molecular weight excluding hydrogens is 222 g/mol. The molecule has 0 amide bonds. The van der Waals surface area contributed by atoms with Crippen LogP contribution in [-0.2, 0) is 0 Å². The molecule has 0 N–H and O–H groups in total. The van der Waals surface area contributed by atoms with Crippen molar-refractivity contribution >= 4 is 0 Å². The van der Waals surface area contributed by atoms with Crippen LogP contribution in [0.4, 0.5) is 0 Å². The van der Waals surface area contributed by atoms with Crippen LogP contribution in [0, 0.1) is 0 Å². The normalized spacial score (nSPS) is 24.5. The van der Waals surface area contributed by atoms with Gasteiger partial charge in [0.2, 0.25) is 0 Å². The van der Waals surface area contributed by atoms with E-state index in [1.54, 1.807) is 0 Å². The van der Waals surface area contributed by atoms with Crippen molar-refractivity contribution in [2.75, 3.05) is 45.8 Å². The molecule has 0 aromatic carbocycles. The van der Waals surface area contributed by atoms with Gasteiger partial charge in [0.25, 0.3) is 0 Å². The Balaban J connectivity index is 1.68. The molecule has 0 aromatic rings. The van der Waals surface area contributed by atoms with Crippen LogP contribution >= 0.6 is 0 Å². The summed E-state index contributed by atoms with van der Waals surface area (Å²) in [5.41, 5.74) is 0.410. The standard InChI is InChI=1S/C15H31N3/c1-14(2)17-12-10-16(11-13-17)9-6-15(3,4)18-7-5-8-18/h14H,5-13H2,1-4H3. The van der Waals surface area contributed by atoms with Gasteiger partial charge in [0.1, 0.15) is 0 Å². The van der Waals surface area contributed by atoms with E-state index in [4.69, 9.17) is 0 Å². The highest BCUT2D eigenvalue weighted by molar-refractivity contribution is 4.88. The van der Waals surface area contributed by atoms with Crippen molar-refractivity contribution in [3.05, 3.63) is 0 Å². The van der Waals surface area contributed by atoms with Gasteiger partial charge in [-0.3, -0.25) is 9.80 Å². The van der Waals surface area contributed by atoms with Crippen LogP contribution in [0.1, 0.15) is 40.5 Å². The van der Waals surface area contributed by atoms with E-state index in [1.807, 2.05) is 0 Å². The summed E-state index contributed by atoms with van der Waals surface area (Å²) in [6.45, 7) is 18.4. The van der Waals surface area contributed by atoms with Crippen molar-refractivity contribution < 1.29 is 0 Å². The fourth-order valence-corrected chi connectivity index (χ4v) is 3.01. The Bertz CT molecular complexity index is 250. The predicted molar refractivity (Wildman–Crippen MR) is 78.0 cm³/mol. The quantitative estimate of drug-likeness (QED) is 0.741. The lowest BCUT2D eigenvalue weighted by molar-refractivity contribution is 0.0329. The second-order valence-corrected chi connectivity index (χ2v) is 6.87. The molecule has 0 bridgehead atoms. The third kappa shape index (κ3) is 3.46. The maximum absolute atomic E-state index is 2.65. The van der Waals surface area contributed by atoms with Gasteiger partial charge >= 0.3 is 0 Å². The van der Waals surface area contributed by atoms with Gasteiger partial charge in [-0.2, -0.15) is 0 Å². The molecule has 2 heterocycles. The van der Waals surface area contributed by atoms with Crippen molar-refractivity contribution in [2.24, 2.45) is 0 Å². The number of hydrogen-bond acceptors (Lipinski definition) is 3. The molecule has 2 rings (SSSR count).